The Labute approximate surface area is 436 Å². The maximum absolute atomic E-state index is 12.5. The summed E-state index contributed by atoms with van der Waals surface area (Å²) in [6.07, 6.45) is 89.9. The minimum Gasteiger partial charge on any atom is -0.394 e. The molecule has 0 bridgehead atoms. The molecule has 0 aliphatic rings. The Bertz CT molecular complexity index is 1290. The molecule has 2 atom stereocenters. The number of rotatable bonds is 55. The molecule has 2 unspecified atom stereocenters. The topological polar surface area (TPSA) is 69.6 Å². The van der Waals surface area contributed by atoms with Gasteiger partial charge < -0.3 is 15.5 Å². The molecule has 0 aliphatic heterocycles. The fourth-order valence-electron chi connectivity index (χ4n) is 9.03. The first-order chi connectivity index (χ1) is 34.7. The van der Waals surface area contributed by atoms with Gasteiger partial charge in [0.05, 0.1) is 18.8 Å². The fourth-order valence-corrected chi connectivity index (χ4v) is 9.03. The third kappa shape index (κ3) is 56.2. The van der Waals surface area contributed by atoms with E-state index in [1.54, 1.807) is 0 Å². The lowest BCUT2D eigenvalue weighted by molar-refractivity contribution is -0.123. The van der Waals surface area contributed by atoms with Crippen molar-refractivity contribution >= 4 is 5.91 Å². The standard InChI is InChI=1S/C66H117NO3/c1-3-5-7-9-11-13-15-17-19-21-23-25-27-29-31-32-33-34-36-37-39-41-43-45-47-49-51-53-55-57-59-61-65(69)64(63-68)67-66(70)62-60-58-56-54-52-50-48-46-44-42-40-38-35-30-28-26-24-22-20-18-16-14-12-10-8-6-4-2/h6,8,12,14,18,20,24,26,30,35,40,42,46,48,52,54,64-65,68-69H,3-5,7,9-11,13,15-17,19,21-23,25,27-29,31-34,36-39,41,43-45,47,49-51,53,55-63H2,1-2H3,(H,67,70)/b8-6-,14-12-,20-18-,26-24-,35-30-,42-40-,48-46-,54-52-. The van der Waals surface area contributed by atoms with Gasteiger partial charge in [0.1, 0.15) is 0 Å². The number of aliphatic hydroxyl groups excluding tert-OH is 2. The van der Waals surface area contributed by atoms with Crippen LogP contribution in [0.5, 0.6) is 0 Å². The second-order valence-corrected chi connectivity index (χ2v) is 20.4. The highest BCUT2D eigenvalue weighted by atomic mass is 16.3. The Balaban J connectivity index is 3.55. The maximum Gasteiger partial charge on any atom is 0.220 e. The molecule has 0 spiro atoms. The molecular weight excluding hydrogens is 855 g/mol. The van der Waals surface area contributed by atoms with Crippen LogP contribution in [-0.2, 0) is 4.79 Å². The fraction of sp³-hybridized carbons (Fsp3) is 0.742. The number of unbranched alkanes of at least 4 members (excludes halogenated alkanes) is 32. The van der Waals surface area contributed by atoms with Crippen LogP contribution in [0.2, 0.25) is 0 Å². The molecule has 0 aromatic heterocycles. The van der Waals surface area contributed by atoms with Crippen molar-refractivity contribution in [2.45, 2.75) is 309 Å². The highest BCUT2D eigenvalue weighted by Gasteiger charge is 2.20. The van der Waals surface area contributed by atoms with Crippen LogP contribution in [0.3, 0.4) is 0 Å². The summed E-state index contributed by atoms with van der Waals surface area (Å²) in [6, 6.07) is -0.569. The van der Waals surface area contributed by atoms with E-state index < -0.39 is 12.1 Å². The third-order valence-corrected chi connectivity index (χ3v) is 13.6. The van der Waals surface area contributed by atoms with E-state index in [4.69, 9.17) is 0 Å². The Morgan fingerprint density at radius 2 is 0.629 bits per heavy atom. The van der Waals surface area contributed by atoms with Crippen molar-refractivity contribution < 1.29 is 15.0 Å². The lowest BCUT2D eigenvalue weighted by Crippen LogP contribution is -2.45. The van der Waals surface area contributed by atoms with Crippen molar-refractivity contribution in [1.82, 2.24) is 5.32 Å². The zero-order valence-corrected chi connectivity index (χ0v) is 46.5. The summed E-state index contributed by atoms with van der Waals surface area (Å²) in [5.41, 5.74) is 0. The number of allylic oxidation sites excluding steroid dienone is 16. The van der Waals surface area contributed by atoms with Crippen LogP contribution in [0.4, 0.5) is 0 Å². The zero-order chi connectivity index (χ0) is 50.6. The summed E-state index contributed by atoms with van der Waals surface area (Å²) in [4.78, 5) is 12.5. The summed E-state index contributed by atoms with van der Waals surface area (Å²) in [6.45, 7) is 4.25. The van der Waals surface area contributed by atoms with Crippen LogP contribution >= 0.6 is 0 Å². The van der Waals surface area contributed by atoms with E-state index in [1.807, 2.05) is 0 Å². The normalized spacial score (nSPS) is 13.5. The van der Waals surface area contributed by atoms with Crippen LogP contribution in [0.15, 0.2) is 97.2 Å². The van der Waals surface area contributed by atoms with Gasteiger partial charge in [-0.3, -0.25) is 4.79 Å². The molecule has 0 saturated carbocycles. The molecular formula is C66H117NO3. The minimum atomic E-state index is -0.687. The van der Waals surface area contributed by atoms with Crippen LogP contribution in [0.1, 0.15) is 296 Å². The van der Waals surface area contributed by atoms with Gasteiger partial charge in [-0.05, 0) is 77.0 Å². The van der Waals surface area contributed by atoms with Gasteiger partial charge >= 0.3 is 0 Å². The second kappa shape index (κ2) is 60.6. The molecule has 4 nitrogen and oxygen atoms in total. The van der Waals surface area contributed by atoms with Gasteiger partial charge in [0, 0.05) is 6.42 Å². The molecule has 0 saturated heterocycles. The van der Waals surface area contributed by atoms with Gasteiger partial charge in [-0.2, -0.15) is 0 Å². The smallest absolute Gasteiger partial charge is 0.220 e. The summed E-state index contributed by atoms with van der Waals surface area (Å²) in [5, 5.41) is 23.4. The number of amides is 1. The van der Waals surface area contributed by atoms with Gasteiger partial charge in [-0.1, -0.05) is 310 Å². The van der Waals surface area contributed by atoms with Crippen molar-refractivity contribution in [2.24, 2.45) is 0 Å². The molecule has 404 valence electrons. The monoisotopic (exact) mass is 972 g/mol. The molecule has 70 heavy (non-hydrogen) atoms. The van der Waals surface area contributed by atoms with E-state index in [0.29, 0.717) is 12.8 Å². The summed E-state index contributed by atoms with van der Waals surface area (Å²) >= 11 is 0. The SMILES string of the molecule is CC/C=C\C/C=C\C/C=C\C/C=C\C/C=C\C/C=C\C/C=C\C/C=C\CCCCC(=O)NC(CO)C(O)CCCCCCCCCCCCCCCCCCCCCCCCCCCCCCCCC. The number of hydrogen-bond acceptors (Lipinski definition) is 3. The molecule has 1 amide bonds. The minimum absolute atomic E-state index is 0.0738. The Hall–Kier alpha value is -2.69. The van der Waals surface area contributed by atoms with E-state index in [2.05, 4.69) is 116 Å². The molecule has 0 rings (SSSR count). The maximum atomic E-state index is 12.5. The van der Waals surface area contributed by atoms with Gasteiger partial charge in [0.15, 0.2) is 0 Å². The number of hydrogen-bond donors (Lipinski definition) is 3. The van der Waals surface area contributed by atoms with E-state index in [9.17, 15) is 15.0 Å². The average molecular weight is 973 g/mol. The molecule has 3 N–H and O–H groups in total. The molecule has 4 heteroatoms. The van der Waals surface area contributed by atoms with Crippen LogP contribution in [0, 0.1) is 0 Å². The second-order valence-electron chi connectivity index (χ2n) is 20.4. The van der Waals surface area contributed by atoms with Crippen molar-refractivity contribution in [3.05, 3.63) is 97.2 Å². The van der Waals surface area contributed by atoms with Crippen molar-refractivity contribution in [2.75, 3.05) is 6.61 Å². The molecule has 0 fully saturated rings. The zero-order valence-electron chi connectivity index (χ0n) is 46.5. The molecule has 0 aromatic carbocycles. The molecule has 0 aliphatic carbocycles. The largest absolute Gasteiger partial charge is 0.394 e. The van der Waals surface area contributed by atoms with Crippen LogP contribution in [-0.4, -0.2) is 34.9 Å². The van der Waals surface area contributed by atoms with Gasteiger partial charge in [-0.15, -0.1) is 0 Å². The van der Waals surface area contributed by atoms with E-state index in [0.717, 1.165) is 83.5 Å². The Kier molecular flexibility index (Phi) is 58.3. The lowest BCUT2D eigenvalue weighted by atomic mass is 10.0. The predicted molar refractivity (Wildman–Crippen MR) is 313 cm³/mol. The number of aliphatic hydroxyl groups is 2. The number of nitrogens with one attached hydrogen (secondary N) is 1. The molecule has 0 heterocycles. The summed E-state index contributed by atoms with van der Waals surface area (Å²) in [5.74, 6) is -0.0738. The third-order valence-electron chi connectivity index (χ3n) is 13.6. The number of carbonyl (C=O) groups excluding carboxylic acids is 1. The molecule has 0 aromatic rings. The first-order valence-corrected chi connectivity index (χ1v) is 30.4. The number of carbonyl (C=O) groups is 1. The Morgan fingerprint density at radius 1 is 0.357 bits per heavy atom. The lowest BCUT2D eigenvalue weighted by Gasteiger charge is -2.22. The van der Waals surface area contributed by atoms with Crippen molar-refractivity contribution in [3.8, 4) is 0 Å². The van der Waals surface area contributed by atoms with E-state index >= 15 is 0 Å². The summed E-state index contributed by atoms with van der Waals surface area (Å²) in [7, 11) is 0. The van der Waals surface area contributed by atoms with Gasteiger partial charge in [0.25, 0.3) is 0 Å². The predicted octanol–water partition coefficient (Wildman–Crippen LogP) is 20.5. The first kappa shape index (κ1) is 67.3. The highest BCUT2D eigenvalue weighted by Crippen LogP contribution is 2.18. The van der Waals surface area contributed by atoms with Crippen molar-refractivity contribution in [3.63, 3.8) is 0 Å². The Morgan fingerprint density at radius 3 is 0.914 bits per heavy atom. The van der Waals surface area contributed by atoms with Gasteiger partial charge in [-0.25, -0.2) is 0 Å². The van der Waals surface area contributed by atoms with Crippen LogP contribution in [0.25, 0.3) is 0 Å². The van der Waals surface area contributed by atoms with Crippen LogP contribution < -0.4 is 5.32 Å². The van der Waals surface area contributed by atoms with E-state index in [1.165, 1.54) is 186 Å². The van der Waals surface area contributed by atoms with Gasteiger partial charge in [0.2, 0.25) is 5.91 Å². The molecule has 0 radical (unpaired) electrons. The highest BCUT2D eigenvalue weighted by molar-refractivity contribution is 5.76. The first-order valence-electron chi connectivity index (χ1n) is 30.4. The summed E-state index contributed by atoms with van der Waals surface area (Å²) < 4.78 is 0. The van der Waals surface area contributed by atoms with E-state index in [-0.39, 0.29) is 12.5 Å². The van der Waals surface area contributed by atoms with Crippen molar-refractivity contribution in [1.29, 1.82) is 0 Å². The average Bonchev–Trinajstić information content (AvgIpc) is 3.36. The quantitative estimate of drug-likeness (QED) is 0.0420.